The molecule has 2 aromatic rings. The van der Waals surface area contributed by atoms with E-state index in [1.807, 2.05) is 4.90 Å². The number of carbonyl (C=O) groups excluding carboxylic acids is 1. The summed E-state index contributed by atoms with van der Waals surface area (Å²) in [6, 6.07) is 1.75. The van der Waals surface area contributed by atoms with Gasteiger partial charge < -0.3 is 30.5 Å². The SMILES string of the molecule is Nc1ncc(-c2cc(O[C@H]3C[C@H](NC(=O)CO)C3)nc(N3CCOCC3)n2)cn1. The predicted octanol–water partition coefficient (Wildman–Crippen LogP) is -0.629. The number of nitrogens with two attached hydrogens (primary N) is 1. The normalized spacial score (nSPS) is 21.3. The number of rotatable bonds is 6. The second-order valence-corrected chi connectivity index (χ2v) is 6.95. The molecule has 1 aliphatic carbocycles. The van der Waals surface area contributed by atoms with Gasteiger partial charge in [0.1, 0.15) is 12.7 Å². The van der Waals surface area contributed by atoms with Crippen LogP contribution >= 0.6 is 0 Å². The minimum Gasteiger partial charge on any atom is -0.474 e. The number of nitrogens with zero attached hydrogens (tertiary/aromatic N) is 5. The number of hydrogen-bond donors (Lipinski definition) is 3. The zero-order valence-corrected chi connectivity index (χ0v) is 15.8. The smallest absolute Gasteiger partial charge is 0.245 e. The molecule has 0 radical (unpaired) electrons. The van der Waals surface area contributed by atoms with Gasteiger partial charge in [-0.1, -0.05) is 0 Å². The van der Waals surface area contributed by atoms with Crippen molar-refractivity contribution in [2.75, 3.05) is 43.5 Å². The summed E-state index contributed by atoms with van der Waals surface area (Å²) in [5.41, 5.74) is 6.93. The summed E-state index contributed by atoms with van der Waals surface area (Å²) in [6.07, 6.45) is 4.47. The Kier molecular flexibility index (Phi) is 5.67. The molecule has 1 saturated heterocycles. The minimum atomic E-state index is -0.510. The summed E-state index contributed by atoms with van der Waals surface area (Å²) >= 11 is 0. The molecular formula is C18H23N7O4. The molecule has 29 heavy (non-hydrogen) atoms. The van der Waals surface area contributed by atoms with Gasteiger partial charge in [0.15, 0.2) is 0 Å². The Balaban J connectivity index is 1.52. The van der Waals surface area contributed by atoms with Crippen LogP contribution < -0.4 is 20.7 Å². The molecule has 0 unspecified atom stereocenters. The van der Waals surface area contributed by atoms with Gasteiger partial charge in [0.25, 0.3) is 0 Å². The van der Waals surface area contributed by atoms with Gasteiger partial charge >= 0.3 is 0 Å². The molecule has 0 spiro atoms. The fraction of sp³-hybridized carbons (Fsp3) is 0.500. The Labute approximate surface area is 167 Å². The first-order chi connectivity index (χ1) is 14.1. The first-order valence-electron chi connectivity index (χ1n) is 9.47. The third-order valence-corrected chi connectivity index (χ3v) is 4.84. The summed E-state index contributed by atoms with van der Waals surface area (Å²) in [6.45, 7) is 2.11. The summed E-state index contributed by atoms with van der Waals surface area (Å²) in [4.78, 5) is 30.6. The molecule has 2 fully saturated rings. The van der Waals surface area contributed by atoms with Crippen molar-refractivity contribution < 1.29 is 19.4 Å². The summed E-state index contributed by atoms with van der Waals surface area (Å²) in [7, 11) is 0. The molecule has 11 heteroatoms. The maximum atomic E-state index is 11.3. The molecule has 1 aliphatic heterocycles. The quantitative estimate of drug-likeness (QED) is 0.571. The summed E-state index contributed by atoms with van der Waals surface area (Å²) in [5, 5.41) is 11.6. The van der Waals surface area contributed by atoms with E-state index in [-0.39, 0.29) is 24.0 Å². The number of aliphatic hydroxyl groups is 1. The topological polar surface area (TPSA) is 149 Å². The highest BCUT2D eigenvalue weighted by Gasteiger charge is 2.32. The largest absolute Gasteiger partial charge is 0.474 e. The number of anilines is 2. The van der Waals surface area contributed by atoms with Gasteiger partial charge in [-0.05, 0) is 0 Å². The average Bonchev–Trinajstić information content (AvgIpc) is 2.73. The van der Waals surface area contributed by atoms with Crippen LogP contribution in [0.15, 0.2) is 18.5 Å². The molecule has 154 valence electrons. The van der Waals surface area contributed by atoms with E-state index in [2.05, 4.69) is 25.3 Å². The van der Waals surface area contributed by atoms with E-state index in [1.54, 1.807) is 18.5 Å². The Hall–Kier alpha value is -3.05. The number of amides is 1. The van der Waals surface area contributed by atoms with Crippen molar-refractivity contribution in [2.45, 2.75) is 25.0 Å². The van der Waals surface area contributed by atoms with Crippen LogP contribution in [0, 0.1) is 0 Å². The highest BCUT2D eigenvalue weighted by atomic mass is 16.5. The fourth-order valence-electron chi connectivity index (χ4n) is 3.22. The highest BCUT2D eigenvalue weighted by Crippen LogP contribution is 2.29. The van der Waals surface area contributed by atoms with Crippen molar-refractivity contribution in [1.29, 1.82) is 0 Å². The van der Waals surface area contributed by atoms with E-state index in [0.29, 0.717) is 62.2 Å². The number of carbonyl (C=O) groups is 1. The van der Waals surface area contributed by atoms with Crippen molar-refractivity contribution in [1.82, 2.24) is 25.3 Å². The number of hydrogen-bond acceptors (Lipinski definition) is 10. The Bertz CT molecular complexity index is 852. The maximum absolute atomic E-state index is 11.3. The van der Waals surface area contributed by atoms with Gasteiger partial charge in [-0.15, -0.1) is 0 Å². The molecule has 2 aromatic heterocycles. The van der Waals surface area contributed by atoms with Crippen LogP contribution in [0.1, 0.15) is 12.8 Å². The van der Waals surface area contributed by atoms with Crippen molar-refractivity contribution >= 4 is 17.8 Å². The van der Waals surface area contributed by atoms with Crippen LogP contribution in [0.3, 0.4) is 0 Å². The average molecular weight is 401 g/mol. The lowest BCUT2D eigenvalue weighted by Crippen LogP contribution is -2.49. The van der Waals surface area contributed by atoms with E-state index >= 15 is 0 Å². The number of nitrogens with one attached hydrogen (secondary N) is 1. The summed E-state index contributed by atoms with van der Waals surface area (Å²) < 4.78 is 11.4. The summed E-state index contributed by atoms with van der Waals surface area (Å²) in [5.74, 6) is 0.821. The molecule has 0 aromatic carbocycles. The van der Waals surface area contributed by atoms with Crippen molar-refractivity contribution in [3.63, 3.8) is 0 Å². The lowest BCUT2D eigenvalue weighted by Gasteiger charge is -2.35. The second kappa shape index (κ2) is 8.53. The van der Waals surface area contributed by atoms with Crippen LogP contribution in [0.4, 0.5) is 11.9 Å². The number of morpholine rings is 1. The third-order valence-electron chi connectivity index (χ3n) is 4.84. The van der Waals surface area contributed by atoms with E-state index in [0.717, 1.165) is 0 Å². The van der Waals surface area contributed by atoms with Crippen LogP contribution in [0.5, 0.6) is 5.88 Å². The number of nitrogen functional groups attached to an aromatic ring is 1. The number of aliphatic hydroxyl groups excluding tert-OH is 1. The molecule has 4 N–H and O–H groups in total. The second-order valence-electron chi connectivity index (χ2n) is 6.95. The Morgan fingerprint density at radius 3 is 2.69 bits per heavy atom. The van der Waals surface area contributed by atoms with E-state index < -0.39 is 6.61 Å². The molecule has 11 nitrogen and oxygen atoms in total. The standard InChI is InChI=1S/C18H23N7O4/c19-17-20-8-11(9-21-17)14-7-16(24-18(23-14)25-1-3-28-4-2-25)29-13-5-12(6-13)22-15(27)10-26/h7-9,12-13,26H,1-6,10H2,(H,22,27)(H2,19,20,21)/t12-,13-. The lowest BCUT2D eigenvalue weighted by molar-refractivity contribution is -0.125. The van der Waals surface area contributed by atoms with Gasteiger partial charge in [0.05, 0.1) is 18.9 Å². The van der Waals surface area contributed by atoms with E-state index in [1.165, 1.54) is 0 Å². The van der Waals surface area contributed by atoms with Gasteiger partial charge in [-0.25, -0.2) is 15.0 Å². The van der Waals surface area contributed by atoms with E-state index in [9.17, 15) is 4.79 Å². The van der Waals surface area contributed by atoms with Crippen molar-refractivity contribution in [3.8, 4) is 17.1 Å². The predicted molar refractivity (Wildman–Crippen MR) is 103 cm³/mol. The van der Waals surface area contributed by atoms with Crippen LogP contribution in [0.25, 0.3) is 11.3 Å². The van der Waals surface area contributed by atoms with Gasteiger partial charge in [0.2, 0.25) is 23.7 Å². The van der Waals surface area contributed by atoms with E-state index in [4.69, 9.17) is 20.3 Å². The Morgan fingerprint density at radius 2 is 2.00 bits per heavy atom. The molecule has 0 atom stereocenters. The highest BCUT2D eigenvalue weighted by molar-refractivity contribution is 5.77. The van der Waals surface area contributed by atoms with Gasteiger partial charge in [0, 0.05) is 56.0 Å². The van der Waals surface area contributed by atoms with Crippen LogP contribution in [-0.4, -0.2) is 76.0 Å². The first-order valence-corrected chi connectivity index (χ1v) is 9.47. The monoisotopic (exact) mass is 401 g/mol. The fourth-order valence-corrected chi connectivity index (χ4v) is 3.22. The third kappa shape index (κ3) is 4.69. The van der Waals surface area contributed by atoms with Crippen LogP contribution in [0.2, 0.25) is 0 Å². The maximum Gasteiger partial charge on any atom is 0.245 e. The number of ether oxygens (including phenoxy) is 2. The van der Waals surface area contributed by atoms with Crippen molar-refractivity contribution in [2.24, 2.45) is 0 Å². The Morgan fingerprint density at radius 1 is 1.28 bits per heavy atom. The first kappa shape index (κ1) is 19.3. The molecule has 2 aliphatic rings. The van der Waals surface area contributed by atoms with Crippen molar-refractivity contribution in [3.05, 3.63) is 18.5 Å². The molecule has 3 heterocycles. The molecular weight excluding hydrogens is 378 g/mol. The molecule has 4 rings (SSSR count). The zero-order chi connectivity index (χ0) is 20.2. The number of aromatic nitrogens is 4. The minimum absolute atomic E-state index is 0.00479. The van der Waals surface area contributed by atoms with Gasteiger partial charge in [-0.2, -0.15) is 4.98 Å². The van der Waals surface area contributed by atoms with Gasteiger partial charge in [-0.3, -0.25) is 4.79 Å². The zero-order valence-electron chi connectivity index (χ0n) is 15.8. The van der Waals surface area contributed by atoms with Crippen LogP contribution in [-0.2, 0) is 9.53 Å². The molecule has 1 amide bonds. The molecule has 0 bridgehead atoms. The lowest BCUT2D eigenvalue weighted by atomic mass is 9.89. The molecule has 1 saturated carbocycles.